The van der Waals surface area contributed by atoms with Gasteiger partial charge in [0.15, 0.2) is 0 Å². The summed E-state index contributed by atoms with van der Waals surface area (Å²) in [4.78, 5) is 14.9. The lowest BCUT2D eigenvalue weighted by molar-refractivity contribution is -0.118. The van der Waals surface area contributed by atoms with Crippen molar-refractivity contribution in [2.75, 3.05) is 38.6 Å². The number of para-hydroxylation sites is 1. The van der Waals surface area contributed by atoms with Gasteiger partial charge in [0, 0.05) is 25.2 Å². The minimum Gasteiger partial charge on any atom is -0.496 e. The molecule has 2 heterocycles. The number of hydrogen-bond donors (Lipinski definition) is 2. The number of nitrogens with one attached hydrogen (secondary N) is 2. The molecule has 148 valence electrons. The summed E-state index contributed by atoms with van der Waals surface area (Å²) in [6.45, 7) is 2.72. The summed E-state index contributed by atoms with van der Waals surface area (Å²) < 4.78 is 14.0. The number of hydrogen-bond acceptors (Lipinski definition) is 6. The van der Waals surface area contributed by atoms with Gasteiger partial charge in [0.2, 0.25) is 5.91 Å². The summed E-state index contributed by atoms with van der Waals surface area (Å²) in [5, 5.41) is 6.40. The lowest BCUT2D eigenvalue weighted by atomic mass is 10.0. The van der Waals surface area contributed by atoms with Crippen LogP contribution in [0.2, 0.25) is 0 Å². The molecule has 2 aliphatic heterocycles. The molecule has 7 nitrogen and oxygen atoms in total. The fourth-order valence-corrected chi connectivity index (χ4v) is 4.01. The van der Waals surface area contributed by atoms with Crippen LogP contribution in [-0.4, -0.2) is 44.1 Å². The van der Waals surface area contributed by atoms with E-state index in [0.29, 0.717) is 12.2 Å². The summed E-state index contributed by atoms with van der Waals surface area (Å²) in [5.41, 5.74) is 3.32. The molecule has 2 aromatic carbocycles. The van der Waals surface area contributed by atoms with Gasteiger partial charge in [-0.1, -0.05) is 24.3 Å². The van der Waals surface area contributed by atoms with E-state index in [0.717, 1.165) is 53.7 Å². The first-order valence-corrected chi connectivity index (χ1v) is 9.58. The monoisotopic (exact) mass is 419 g/mol. The van der Waals surface area contributed by atoms with Gasteiger partial charge >= 0.3 is 0 Å². The minimum atomic E-state index is -0.0581. The number of benzene rings is 2. The SMILES string of the molecule is COc1ccccc1C1CNCCN1CC(=O)Nc1cccc2c1N=S=N2.Cl. The van der Waals surface area contributed by atoms with E-state index in [4.69, 9.17) is 4.74 Å². The third-order valence-electron chi connectivity index (χ3n) is 4.76. The number of anilines is 1. The Morgan fingerprint density at radius 1 is 1.29 bits per heavy atom. The third-order valence-corrected chi connectivity index (χ3v) is 5.30. The van der Waals surface area contributed by atoms with Crippen molar-refractivity contribution in [2.45, 2.75) is 6.04 Å². The molecule has 1 fully saturated rings. The minimum absolute atomic E-state index is 0. The van der Waals surface area contributed by atoms with Crippen LogP contribution in [0, 0.1) is 0 Å². The molecule has 2 N–H and O–H groups in total. The van der Waals surface area contributed by atoms with Crippen LogP contribution in [-0.2, 0) is 16.1 Å². The molecule has 2 aliphatic rings. The van der Waals surface area contributed by atoms with Crippen LogP contribution in [0.4, 0.5) is 17.1 Å². The Labute approximate surface area is 173 Å². The quantitative estimate of drug-likeness (QED) is 0.664. The van der Waals surface area contributed by atoms with E-state index in [1.165, 1.54) is 0 Å². The van der Waals surface area contributed by atoms with Gasteiger partial charge in [-0.3, -0.25) is 9.69 Å². The number of fused-ring (bicyclic) bond motifs is 1. The van der Waals surface area contributed by atoms with Crippen molar-refractivity contribution in [2.24, 2.45) is 8.73 Å². The van der Waals surface area contributed by atoms with Crippen LogP contribution >= 0.6 is 12.4 Å². The summed E-state index contributed by atoms with van der Waals surface area (Å²) in [7, 11) is 1.68. The van der Waals surface area contributed by atoms with Crippen LogP contribution < -0.4 is 15.4 Å². The van der Waals surface area contributed by atoms with E-state index < -0.39 is 0 Å². The highest BCUT2D eigenvalue weighted by molar-refractivity contribution is 7.58. The number of methoxy groups -OCH3 is 1. The van der Waals surface area contributed by atoms with Crippen LogP contribution in [0.5, 0.6) is 5.75 Å². The zero-order valence-corrected chi connectivity index (χ0v) is 17.1. The molecule has 0 spiro atoms. The second-order valence-corrected chi connectivity index (χ2v) is 6.95. The van der Waals surface area contributed by atoms with Crippen LogP contribution in [0.3, 0.4) is 0 Å². The van der Waals surface area contributed by atoms with Crippen molar-refractivity contribution < 1.29 is 9.53 Å². The summed E-state index contributed by atoms with van der Waals surface area (Å²) in [5.74, 6) is 0.784. The molecule has 2 aromatic rings. The van der Waals surface area contributed by atoms with Gasteiger partial charge in [0.1, 0.15) is 17.1 Å². The standard InChI is InChI=1S/C19H21N5O2S.ClH/c1-26-17-8-3-2-5-13(17)16-11-20-9-10-24(16)12-18(25)21-14-6-4-7-15-19(14)23-27-22-15;/h2-8,16,20H,9-12H2,1H3,(H,21,25);1H. The molecule has 28 heavy (non-hydrogen) atoms. The first kappa shape index (κ1) is 20.5. The number of nitrogens with zero attached hydrogens (tertiary/aromatic N) is 3. The Kier molecular flexibility index (Phi) is 6.79. The lowest BCUT2D eigenvalue weighted by Crippen LogP contribution is -2.48. The van der Waals surface area contributed by atoms with Crippen LogP contribution in [0.25, 0.3) is 0 Å². The molecule has 0 bridgehead atoms. The van der Waals surface area contributed by atoms with Gasteiger partial charge < -0.3 is 15.4 Å². The number of amides is 1. The molecule has 1 unspecified atom stereocenters. The Hall–Kier alpha value is -2.26. The normalized spacial score (nSPS) is 18.0. The van der Waals surface area contributed by atoms with E-state index in [1.807, 2.05) is 36.4 Å². The van der Waals surface area contributed by atoms with Crippen molar-refractivity contribution in [3.63, 3.8) is 0 Å². The van der Waals surface area contributed by atoms with Gasteiger partial charge in [-0.15, -0.1) is 12.4 Å². The molecule has 0 aliphatic carbocycles. The molecule has 1 saturated heterocycles. The lowest BCUT2D eigenvalue weighted by Gasteiger charge is -2.36. The van der Waals surface area contributed by atoms with Gasteiger partial charge in [-0.2, -0.15) is 8.73 Å². The first-order valence-electron chi connectivity index (χ1n) is 8.85. The van der Waals surface area contributed by atoms with Crippen molar-refractivity contribution >= 4 is 46.7 Å². The molecule has 1 amide bonds. The second-order valence-electron chi connectivity index (χ2n) is 6.42. The topological polar surface area (TPSA) is 78.3 Å². The average Bonchev–Trinajstić information content (AvgIpc) is 3.18. The fraction of sp³-hybridized carbons (Fsp3) is 0.316. The first-order chi connectivity index (χ1) is 13.3. The van der Waals surface area contributed by atoms with Crippen LogP contribution in [0.1, 0.15) is 11.6 Å². The average molecular weight is 420 g/mol. The highest BCUT2D eigenvalue weighted by Crippen LogP contribution is 2.38. The largest absolute Gasteiger partial charge is 0.496 e. The van der Waals surface area contributed by atoms with Gasteiger partial charge in [-0.05, 0) is 18.2 Å². The molecule has 4 rings (SSSR count). The molecular formula is C19H22ClN5O2S. The molecule has 0 aromatic heterocycles. The zero-order chi connectivity index (χ0) is 18.6. The Balaban J connectivity index is 0.00000225. The number of halogens is 1. The molecule has 0 saturated carbocycles. The Morgan fingerprint density at radius 3 is 3.00 bits per heavy atom. The zero-order valence-electron chi connectivity index (χ0n) is 15.4. The molecule has 9 heteroatoms. The maximum absolute atomic E-state index is 12.7. The van der Waals surface area contributed by atoms with Crippen molar-refractivity contribution in [1.29, 1.82) is 0 Å². The Bertz CT molecular complexity index is 932. The number of carbonyl (C=O) groups is 1. The summed E-state index contributed by atoms with van der Waals surface area (Å²) in [6, 6.07) is 13.7. The fourth-order valence-electron chi connectivity index (χ4n) is 3.47. The third kappa shape index (κ3) is 4.25. The Morgan fingerprint density at radius 2 is 2.14 bits per heavy atom. The van der Waals surface area contributed by atoms with E-state index in [-0.39, 0.29) is 24.4 Å². The number of rotatable bonds is 5. The second kappa shape index (κ2) is 9.29. The maximum Gasteiger partial charge on any atom is 0.238 e. The summed E-state index contributed by atoms with van der Waals surface area (Å²) >= 11 is 1.15. The number of piperazine rings is 1. The number of carbonyl (C=O) groups excluding carboxylic acids is 1. The predicted molar refractivity (Wildman–Crippen MR) is 114 cm³/mol. The highest BCUT2D eigenvalue weighted by atomic mass is 35.5. The van der Waals surface area contributed by atoms with Gasteiger partial charge in [-0.25, -0.2) is 0 Å². The molecular weight excluding hydrogens is 398 g/mol. The van der Waals surface area contributed by atoms with Gasteiger partial charge in [0.05, 0.1) is 36.7 Å². The predicted octanol–water partition coefficient (Wildman–Crippen LogP) is 3.43. The molecule has 0 radical (unpaired) electrons. The van der Waals surface area contributed by atoms with Crippen molar-refractivity contribution in [1.82, 2.24) is 10.2 Å². The van der Waals surface area contributed by atoms with Crippen molar-refractivity contribution in [3.05, 3.63) is 48.0 Å². The van der Waals surface area contributed by atoms with E-state index in [2.05, 4.69) is 30.3 Å². The van der Waals surface area contributed by atoms with Gasteiger partial charge in [0.25, 0.3) is 0 Å². The van der Waals surface area contributed by atoms with E-state index in [1.54, 1.807) is 7.11 Å². The van der Waals surface area contributed by atoms with E-state index in [9.17, 15) is 4.79 Å². The highest BCUT2D eigenvalue weighted by Gasteiger charge is 2.28. The summed E-state index contributed by atoms with van der Waals surface area (Å²) in [6.07, 6.45) is 0. The number of ether oxygens (including phenoxy) is 1. The molecule has 1 atom stereocenters. The van der Waals surface area contributed by atoms with E-state index >= 15 is 0 Å². The van der Waals surface area contributed by atoms with Crippen LogP contribution in [0.15, 0.2) is 51.2 Å². The maximum atomic E-state index is 12.7. The smallest absolute Gasteiger partial charge is 0.238 e. The van der Waals surface area contributed by atoms with Crippen molar-refractivity contribution in [3.8, 4) is 5.75 Å².